The summed E-state index contributed by atoms with van der Waals surface area (Å²) in [6.07, 6.45) is 2.93. The summed E-state index contributed by atoms with van der Waals surface area (Å²) in [6, 6.07) is 9.87. The fourth-order valence-corrected chi connectivity index (χ4v) is 4.87. The van der Waals surface area contributed by atoms with Crippen molar-refractivity contribution in [1.82, 2.24) is 15.0 Å². The van der Waals surface area contributed by atoms with E-state index in [1.807, 2.05) is 19.1 Å². The predicted molar refractivity (Wildman–Crippen MR) is 138 cm³/mol. The zero-order chi connectivity index (χ0) is 27.3. The zero-order valence-electron chi connectivity index (χ0n) is 21.4. The lowest BCUT2D eigenvalue weighted by molar-refractivity contribution is -0.152. The molecule has 1 unspecified atom stereocenters. The van der Waals surface area contributed by atoms with Crippen LogP contribution in [0.5, 0.6) is 0 Å². The Bertz CT molecular complexity index is 1250. The molecule has 0 aliphatic heterocycles. The first-order chi connectivity index (χ1) is 18.2. The summed E-state index contributed by atoms with van der Waals surface area (Å²) in [7, 11) is 0. The summed E-state index contributed by atoms with van der Waals surface area (Å²) in [6.45, 7) is 3.46. The van der Waals surface area contributed by atoms with Crippen LogP contribution in [0, 0.1) is 18.8 Å². The molecule has 0 radical (unpaired) electrons. The average molecular weight is 527 g/mol. The number of hydrogen-bond donors (Lipinski definition) is 3. The van der Waals surface area contributed by atoms with E-state index in [-0.39, 0.29) is 42.4 Å². The molecule has 0 spiro atoms. The van der Waals surface area contributed by atoms with Gasteiger partial charge >= 0.3 is 5.97 Å². The molecule has 1 aliphatic rings. The van der Waals surface area contributed by atoms with Gasteiger partial charge in [0.2, 0.25) is 0 Å². The number of carbonyl (C=O) groups excluding carboxylic acids is 1. The van der Waals surface area contributed by atoms with Gasteiger partial charge in [0.1, 0.15) is 23.8 Å². The number of halogens is 2. The summed E-state index contributed by atoms with van der Waals surface area (Å²) in [5.41, 5.74) is 1.52. The number of anilines is 2. The number of nitrogens with one attached hydrogen (secondary N) is 1. The molecule has 202 valence electrons. The number of esters is 1. The van der Waals surface area contributed by atoms with Crippen LogP contribution in [0.2, 0.25) is 0 Å². The van der Waals surface area contributed by atoms with Gasteiger partial charge in [0.15, 0.2) is 0 Å². The highest BCUT2D eigenvalue weighted by Gasteiger charge is 2.39. The number of nitrogens with zero attached hydrogens (tertiary/aromatic N) is 3. The van der Waals surface area contributed by atoms with Crippen LogP contribution in [-0.2, 0) is 15.1 Å². The van der Waals surface area contributed by atoms with Crippen LogP contribution >= 0.6 is 0 Å². The molecule has 8 nitrogen and oxygen atoms in total. The Morgan fingerprint density at radius 2 is 1.89 bits per heavy atom. The Kier molecular flexibility index (Phi) is 8.63. The average Bonchev–Trinajstić information content (AvgIpc) is 2.91. The summed E-state index contributed by atoms with van der Waals surface area (Å²) >= 11 is 0. The van der Waals surface area contributed by atoms with E-state index in [0.29, 0.717) is 42.9 Å². The minimum absolute atomic E-state index is 0.00286. The molecule has 0 saturated heterocycles. The number of carbonyl (C=O) groups is 1. The smallest absolute Gasteiger partial charge is 0.309 e. The van der Waals surface area contributed by atoms with Gasteiger partial charge in [0.25, 0.3) is 6.43 Å². The number of rotatable bonds is 9. The maximum Gasteiger partial charge on any atom is 0.309 e. The van der Waals surface area contributed by atoms with Gasteiger partial charge in [-0.15, -0.1) is 0 Å². The summed E-state index contributed by atoms with van der Waals surface area (Å²) in [5, 5.41) is 23.2. The third-order valence-corrected chi connectivity index (χ3v) is 7.03. The van der Waals surface area contributed by atoms with Gasteiger partial charge in [-0.3, -0.25) is 9.78 Å². The normalized spacial score (nSPS) is 19.1. The molecular weight excluding hydrogens is 494 g/mol. The van der Waals surface area contributed by atoms with Gasteiger partial charge in [-0.2, -0.15) is 0 Å². The summed E-state index contributed by atoms with van der Waals surface area (Å²) < 4.78 is 31.1. The maximum absolute atomic E-state index is 13.0. The van der Waals surface area contributed by atoms with Crippen molar-refractivity contribution in [3.05, 3.63) is 65.6 Å². The van der Waals surface area contributed by atoms with Crippen molar-refractivity contribution in [3.63, 3.8) is 0 Å². The molecule has 3 heterocycles. The van der Waals surface area contributed by atoms with Crippen molar-refractivity contribution in [2.45, 2.75) is 51.6 Å². The van der Waals surface area contributed by atoms with E-state index in [1.165, 1.54) is 18.3 Å². The Labute approximate surface area is 220 Å². The largest absolute Gasteiger partial charge is 0.463 e. The lowest BCUT2D eigenvalue weighted by Crippen LogP contribution is -2.37. The van der Waals surface area contributed by atoms with E-state index in [2.05, 4.69) is 20.3 Å². The van der Waals surface area contributed by atoms with Gasteiger partial charge in [0, 0.05) is 23.5 Å². The Balaban J connectivity index is 1.45. The van der Waals surface area contributed by atoms with E-state index >= 15 is 0 Å². The first-order valence-electron chi connectivity index (χ1n) is 12.6. The number of pyridine rings is 3. The van der Waals surface area contributed by atoms with Gasteiger partial charge in [-0.1, -0.05) is 0 Å². The van der Waals surface area contributed by atoms with Crippen molar-refractivity contribution in [1.29, 1.82) is 0 Å². The van der Waals surface area contributed by atoms with E-state index in [4.69, 9.17) is 9.84 Å². The van der Waals surface area contributed by atoms with E-state index < -0.39 is 12.0 Å². The molecule has 10 heteroatoms. The molecular formula is C28H32F2N4O4. The van der Waals surface area contributed by atoms with E-state index in [9.17, 15) is 18.7 Å². The minimum atomic E-state index is -2.59. The number of alkyl halides is 2. The van der Waals surface area contributed by atoms with Gasteiger partial charge < -0.3 is 20.3 Å². The Morgan fingerprint density at radius 1 is 1.13 bits per heavy atom. The van der Waals surface area contributed by atoms with Crippen LogP contribution in [0.25, 0.3) is 11.3 Å². The monoisotopic (exact) mass is 526 g/mol. The second-order valence-electron chi connectivity index (χ2n) is 9.83. The number of aliphatic hydroxyl groups excluding tert-OH is 1. The number of aliphatic hydroxyl groups is 2. The molecule has 0 aromatic carbocycles. The lowest BCUT2D eigenvalue weighted by atomic mass is 9.73. The molecule has 0 bridgehead atoms. The van der Waals surface area contributed by atoms with Crippen molar-refractivity contribution in [2.24, 2.45) is 11.8 Å². The van der Waals surface area contributed by atoms with Crippen LogP contribution in [0.1, 0.15) is 55.9 Å². The number of hydrogen-bond acceptors (Lipinski definition) is 8. The van der Waals surface area contributed by atoms with Crippen LogP contribution < -0.4 is 5.32 Å². The van der Waals surface area contributed by atoms with Crippen molar-refractivity contribution in [2.75, 3.05) is 18.5 Å². The number of ether oxygens (including phenoxy) is 1. The molecule has 1 aliphatic carbocycles. The van der Waals surface area contributed by atoms with Crippen LogP contribution in [0.4, 0.5) is 20.4 Å². The lowest BCUT2D eigenvalue weighted by Gasteiger charge is -2.37. The summed E-state index contributed by atoms with van der Waals surface area (Å²) in [4.78, 5) is 25.3. The second kappa shape index (κ2) is 11.9. The van der Waals surface area contributed by atoms with Gasteiger partial charge in [-0.25, -0.2) is 18.7 Å². The van der Waals surface area contributed by atoms with Crippen LogP contribution in [0.3, 0.4) is 0 Å². The van der Waals surface area contributed by atoms with E-state index in [0.717, 1.165) is 11.1 Å². The molecule has 3 aromatic heterocycles. The molecule has 1 atom stereocenters. The van der Waals surface area contributed by atoms with Crippen molar-refractivity contribution in [3.8, 4) is 11.3 Å². The van der Waals surface area contributed by atoms with Crippen LogP contribution in [0.15, 0.2) is 48.8 Å². The first kappa shape index (κ1) is 27.5. The number of aryl methyl sites for hydroxylation is 1. The molecule has 3 N–H and O–H groups in total. The fraction of sp³-hybridized carbons (Fsp3) is 0.429. The van der Waals surface area contributed by atoms with Crippen molar-refractivity contribution >= 4 is 17.6 Å². The molecule has 1 saturated carbocycles. The SMILES string of the molecule is Cc1cc(Nc2cc(C(F)F)ccn2)nc(-c2ccc(C(C)(O)[C@H]3CC[C@H](C(=O)OCCO)CC3)nc2)c1. The third kappa shape index (κ3) is 6.49. The highest BCUT2D eigenvalue weighted by atomic mass is 19.3. The first-order valence-corrected chi connectivity index (χ1v) is 12.6. The maximum atomic E-state index is 13.0. The molecule has 0 amide bonds. The fourth-order valence-electron chi connectivity index (χ4n) is 4.87. The highest BCUT2D eigenvalue weighted by Crippen LogP contribution is 2.41. The zero-order valence-corrected chi connectivity index (χ0v) is 21.4. The minimum Gasteiger partial charge on any atom is -0.463 e. The molecule has 38 heavy (non-hydrogen) atoms. The van der Waals surface area contributed by atoms with Gasteiger partial charge in [0.05, 0.1) is 23.9 Å². The Hall–Kier alpha value is -3.50. The number of aromatic nitrogens is 3. The predicted octanol–water partition coefficient (Wildman–Crippen LogP) is 5.08. The Morgan fingerprint density at radius 3 is 2.55 bits per heavy atom. The standard InChI is InChI=1S/C28H32F2N4O4/c1-17-13-22(33-25(14-17)34-24-15-19(26(29)30)9-10-31-24)20-5-8-23(32-16-20)28(2,37)21-6-3-18(4-7-21)27(36)38-12-11-35/h5,8-10,13-16,18,21,26,35,37H,3-4,6-7,11-12H2,1-2H3,(H,31,33,34)/t18-,21-,28?. The van der Waals surface area contributed by atoms with Crippen LogP contribution in [-0.4, -0.2) is 44.3 Å². The van der Waals surface area contributed by atoms with Crippen molar-refractivity contribution < 1.29 is 28.5 Å². The van der Waals surface area contributed by atoms with Gasteiger partial charge in [-0.05, 0) is 87.4 Å². The molecule has 4 rings (SSSR count). The highest BCUT2D eigenvalue weighted by molar-refractivity contribution is 5.72. The molecule has 3 aromatic rings. The second-order valence-corrected chi connectivity index (χ2v) is 9.83. The third-order valence-electron chi connectivity index (χ3n) is 7.03. The molecule has 1 fully saturated rings. The summed E-state index contributed by atoms with van der Waals surface area (Å²) in [5.74, 6) is 0.160. The quantitative estimate of drug-likeness (QED) is 0.331. The topological polar surface area (TPSA) is 117 Å². The van der Waals surface area contributed by atoms with E-state index in [1.54, 1.807) is 25.3 Å².